The summed E-state index contributed by atoms with van der Waals surface area (Å²) in [6.45, 7) is 1.56. The summed E-state index contributed by atoms with van der Waals surface area (Å²) < 4.78 is 15.3. The van der Waals surface area contributed by atoms with Crippen LogP contribution in [0.4, 0.5) is 14.4 Å². The van der Waals surface area contributed by atoms with E-state index in [0.29, 0.717) is 38.9 Å². The van der Waals surface area contributed by atoms with Crippen molar-refractivity contribution in [3.8, 4) is 0 Å². The summed E-state index contributed by atoms with van der Waals surface area (Å²) >= 11 is 0. The van der Waals surface area contributed by atoms with Crippen molar-refractivity contribution in [2.75, 3.05) is 39.5 Å². The average molecular weight is 492 g/mol. The van der Waals surface area contributed by atoms with E-state index < -0.39 is 30.4 Å². The molecule has 0 aliphatic heterocycles. The second-order valence-electron chi connectivity index (χ2n) is 8.12. The van der Waals surface area contributed by atoms with Gasteiger partial charge in [-0.15, -0.1) is 0 Å². The fourth-order valence-corrected chi connectivity index (χ4v) is 3.06. The second kappa shape index (κ2) is 21.2. The fraction of sp³-hybridized carbons (Fsp3) is 0.857. The largest absolute Gasteiger partial charge is 0.448 e. The van der Waals surface area contributed by atoms with Crippen LogP contribution < -0.4 is 39.3 Å². The molecule has 0 unspecified atom stereocenters. The molecule has 0 radical (unpaired) electrons. The molecule has 0 aliphatic carbocycles. The molecule has 0 saturated carbocycles. The number of rotatable bonds is 20. The van der Waals surface area contributed by atoms with Crippen molar-refractivity contribution < 1.29 is 28.6 Å². The Hall–Kier alpha value is -2.35. The first-order valence-corrected chi connectivity index (χ1v) is 12.0. The Bertz CT molecular complexity index is 556. The van der Waals surface area contributed by atoms with Gasteiger partial charge in [0.2, 0.25) is 0 Å². The van der Waals surface area contributed by atoms with Crippen molar-refractivity contribution in [3.63, 3.8) is 0 Å². The molecule has 0 heterocycles. The molecule has 12 N–H and O–H groups in total. The van der Waals surface area contributed by atoms with E-state index in [0.717, 1.165) is 38.5 Å². The number of unbranched alkanes of at least 4 members (excludes halogenated alkanes) is 3. The Morgan fingerprint density at radius 3 is 1.47 bits per heavy atom. The predicted octanol–water partition coefficient (Wildman–Crippen LogP) is -0.0144. The first kappa shape index (κ1) is 31.6. The summed E-state index contributed by atoms with van der Waals surface area (Å²) in [6, 6.07) is -1.20. The van der Waals surface area contributed by atoms with E-state index in [1.165, 1.54) is 0 Å². The lowest BCUT2D eigenvalue weighted by atomic mass is 10.1. The maximum Gasteiger partial charge on any atom is 0.407 e. The van der Waals surface area contributed by atoms with Gasteiger partial charge >= 0.3 is 18.3 Å². The lowest BCUT2D eigenvalue weighted by Crippen LogP contribution is -2.44. The molecule has 0 spiro atoms. The van der Waals surface area contributed by atoms with Crippen molar-refractivity contribution >= 4 is 18.3 Å². The van der Waals surface area contributed by atoms with Crippen LogP contribution in [0.2, 0.25) is 0 Å². The molecule has 0 saturated heterocycles. The van der Waals surface area contributed by atoms with Gasteiger partial charge in [0.05, 0.1) is 12.1 Å². The third-order valence-electron chi connectivity index (χ3n) is 4.96. The molecule has 13 heteroatoms. The highest BCUT2D eigenvalue weighted by atomic mass is 16.6. The van der Waals surface area contributed by atoms with Crippen LogP contribution in [0.15, 0.2) is 0 Å². The summed E-state index contributed by atoms with van der Waals surface area (Å²) in [7, 11) is 0. The third-order valence-corrected chi connectivity index (χ3v) is 4.96. The lowest BCUT2D eigenvalue weighted by Gasteiger charge is -2.21. The van der Waals surface area contributed by atoms with Crippen LogP contribution in [-0.2, 0) is 14.2 Å². The Kier molecular flexibility index (Phi) is 19.7. The fourth-order valence-electron chi connectivity index (χ4n) is 3.06. The number of carbonyl (C=O) groups is 3. The third kappa shape index (κ3) is 19.1. The van der Waals surface area contributed by atoms with Gasteiger partial charge in [-0.3, -0.25) is 0 Å². The molecule has 0 aromatic heterocycles. The molecule has 34 heavy (non-hydrogen) atoms. The minimum Gasteiger partial charge on any atom is -0.448 e. The van der Waals surface area contributed by atoms with E-state index in [9.17, 15) is 14.4 Å². The van der Waals surface area contributed by atoms with Gasteiger partial charge in [0.15, 0.2) is 0 Å². The zero-order chi connectivity index (χ0) is 25.6. The minimum absolute atomic E-state index is 0.0692. The summed E-state index contributed by atoms with van der Waals surface area (Å²) in [6.07, 6.45) is 4.25. The van der Waals surface area contributed by atoms with Crippen LogP contribution in [0.25, 0.3) is 0 Å². The molecule has 3 amide bonds. The van der Waals surface area contributed by atoms with E-state index in [4.69, 9.17) is 42.9 Å². The Balaban J connectivity index is 4.61. The Morgan fingerprint density at radius 2 is 1.03 bits per heavy atom. The highest BCUT2D eigenvalue weighted by molar-refractivity contribution is 5.69. The van der Waals surface area contributed by atoms with E-state index in [-0.39, 0.29) is 25.9 Å². The van der Waals surface area contributed by atoms with Gasteiger partial charge in [0, 0.05) is 6.04 Å². The van der Waals surface area contributed by atoms with Crippen LogP contribution in [0.5, 0.6) is 0 Å². The van der Waals surface area contributed by atoms with E-state index in [1.807, 2.05) is 0 Å². The van der Waals surface area contributed by atoms with Crippen LogP contribution in [0.3, 0.4) is 0 Å². The number of nitrogens with one attached hydrogen (secondary N) is 2. The summed E-state index contributed by atoms with van der Waals surface area (Å²) in [5.74, 6) is 0. The molecule has 0 bridgehead atoms. The molecule has 0 aromatic rings. The highest BCUT2D eigenvalue weighted by Gasteiger charge is 2.19. The average Bonchev–Trinajstić information content (AvgIpc) is 2.79. The number of alkyl carbamates (subject to hydrolysis) is 2. The predicted molar refractivity (Wildman–Crippen MR) is 129 cm³/mol. The number of hydrogen-bond donors (Lipinski definition) is 7. The quantitative estimate of drug-likeness (QED) is 0.0888. The Labute approximate surface area is 202 Å². The zero-order valence-electron chi connectivity index (χ0n) is 20.2. The van der Waals surface area contributed by atoms with Gasteiger partial charge < -0.3 is 53.5 Å². The molecule has 3 atom stereocenters. The Morgan fingerprint density at radius 1 is 0.618 bits per heavy atom. The van der Waals surface area contributed by atoms with E-state index >= 15 is 0 Å². The second-order valence-corrected chi connectivity index (χ2v) is 8.12. The molecular weight excluding hydrogens is 446 g/mol. The number of nitrogens with two attached hydrogens (primary N) is 5. The first-order valence-electron chi connectivity index (χ1n) is 12.0. The summed E-state index contributed by atoms with van der Waals surface area (Å²) in [5.41, 5.74) is 27.4. The maximum absolute atomic E-state index is 12.3. The number of amides is 3. The maximum atomic E-state index is 12.3. The van der Waals surface area contributed by atoms with Crippen LogP contribution in [0.1, 0.15) is 57.8 Å². The molecule has 0 rings (SSSR count). The molecule has 200 valence electrons. The van der Waals surface area contributed by atoms with Crippen molar-refractivity contribution in [3.05, 3.63) is 0 Å². The van der Waals surface area contributed by atoms with Gasteiger partial charge in [-0.05, 0) is 58.2 Å². The topological polar surface area (TPSA) is 233 Å². The van der Waals surface area contributed by atoms with Gasteiger partial charge in [-0.25, -0.2) is 14.4 Å². The van der Waals surface area contributed by atoms with Gasteiger partial charge in [0.25, 0.3) is 0 Å². The molecule has 0 aliphatic rings. The number of carbonyl (C=O) groups excluding carboxylic acids is 3. The van der Waals surface area contributed by atoms with Crippen LogP contribution in [-0.4, -0.2) is 75.9 Å². The monoisotopic (exact) mass is 491 g/mol. The van der Waals surface area contributed by atoms with Crippen molar-refractivity contribution in [1.82, 2.24) is 10.6 Å². The van der Waals surface area contributed by atoms with E-state index in [2.05, 4.69) is 10.6 Å². The summed E-state index contributed by atoms with van der Waals surface area (Å²) in [5, 5.41) is 5.35. The van der Waals surface area contributed by atoms with Gasteiger partial charge in [-0.2, -0.15) is 0 Å². The van der Waals surface area contributed by atoms with Crippen molar-refractivity contribution in [2.24, 2.45) is 28.7 Å². The SMILES string of the molecule is NCCCC[C@H](N)COC(=O)N[C@@H](CCCCN)COC(=O)N[C@H](CCCCN)COC(N)=O. The van der Waals surface area contributed by atoms with Crippen LogP contribution in [0, 0.1) is 0 Å². The zero-order valence-corrected chi connectivity index (χ0v) is 20.2. The smallest absolute Gasteiger partial charge is 0.407 e. The first-order chi connectivity index (χ1) is 16.3. The van der Waals surface area contributed by atoms with Gasteiger partial charge in [-0.1, -0.05) is 19.3 Å². The van der Waals surface area contributed by atoms with Crippen molar-refractivity contribution in [1.29, 1.82) is 0 Å². The van der Waals surface area contributed by atoms with Crippen molar-refractivity contribution in [2.45, 2.75) is 75.9 Å². The molecule has 0 aromatic carbocycles. The van der Waals surface area contributed by atoms with E-state index in [1.54, 1.807) is 0 Å². The lowest BCUT2D eigenvalue weighted by molar-refractivity contribution is 0.104. The summed E-state index contributed by atoms with van der Waals surface area (Å²) in [4.78, 5) is 35.3. The number of primary amides is 1. The number of ether oxygens (including phenoxy) is 3. The van der Waals surface area contributed by atoms with Crippen LogP contribution >= 0.6 is 0 Å². The normalized spacial score (nSPS) is 13.4. The molecular formula is C21H45N7O6. The highest BCUT2D eigenvalue weighted by Crippen LogP contribution is 2.05. The minimum atomic E-state index is -0.930. The standard InChI is InChI=1S/C21H45N7O6/c22-10-4-1-7-16(25)13-33-20(30)28-18(9-3-6-12-24)15-34-21(31)27-17(8-2-5-11-23)14-32-19(26)29/h16-18H,1-15,22-25H2,(H2,26,29)(H,27,31)(H,28,30)/t16-,17+,18-/m0/s1. The van der Waals surface area contributed by atoms with Gasteiger partial charge in [0.1, 0.15) is 19.8 Å². The molecule has 0 fully saturated rings. The molecule has 13 nitrogen and oxygen atoms in total. The number of hydrogen-bond acceptors (Lipinski definition) is 10.